The topological polar surface area (TPSA) is 408 Å². The molecule has 0 aliphatic carbocycles. The Labute approximate surface area is 577 Å². The number of aromatic hydroxyl groups is 4. The van der Waals surface area contributed by atoms with Gasteiger partial charge < -0.3 is 97.1 Å². The van der Waals surface area contributed by atoms with E-state index in [1.54, 1.807) is 14.2 Å². The molecular weight excluding hydrogens is 1290 g/mol. The summed E-state index contributed by atoms with van der Waals surface area (Å²) in [4.78, 5) is 118. The molecular formula is C68H99N13O18. The van der Waals surface area contributed by atoms with Crippen LogP contribution in [0.25, 0.3) is 0 Å². The Kier molecular flexibility index (Phi) is 35.6. The van der Waals surface area contributed by atoms with Crippen LogP contribution in [0.3, 0.4) is 0 Å². The van der Waals surface area contributed by atoms with Crippen LogP contribution in [0.4, 0.5) is 0 Å². The van der Waals surface area contributed by atoms with Crippen LogP contribution >= 0.6 is 0 Å². The number of carbonyl (C=O) groups excluding carboxylic acids is 8. The van der Waals surface area contributed by atoms with Crippen LogP contribution in [0.5, 0.6) is 23.0 Å². The fraction of sp³-hybridized carbons (Fsp3) is 0.529. The number of methoxy groups -OCH3 is 2. The lowest BCUT2D eigenvalue weighted by Gasteiger charge is -2.31. The van der Waals surface area contributed by atoms with Crippen LogP contribution in [-0.4, -0.2) is 305 Å². The van der Waals surface area contributed by atoms with Crippen molar-refractivity contribution in [3.8, 4) is 23.0 Å². The Morgan fingerprint density at radius 1 is 0.354 bits per heavy atom. The quantitative estimate of drug-likeness (QED) is 0.0373. The fourth-order valence-electron chi connectivity index (χ4n) is 10.8. The zero-order valence-corrected chi connectivity index (χ0v) is 56.7. The molecule has 31 nitrogen and oxygen atoms in total. The Bertz CT molecular complexity index is 3150. The minimum atomic E-state index is -0.685. The Morgan fingerprint density at radius 2 is 0.606 bits per heavy atom. The zero-order chi connectivity index (χ0) is 71.2. The molecule has 0 saturated heterocycles. The summed E-state index contributed by atoms with van der Waals surface area (Å²) >= 11 is 0. The molecule has 2 aliphatic heterocycles. The summed E-state index contributed by atoms with van der Waals surface area (Å²) < 4.78 is 32.5. The number of unbranched alkanes of at least 4 members (excludes halogenated alkanes) is 1. The molecule has 0 fully saturated rings. The van der Waals surface area contributed by atoms with Crippen molar-refractivity contribution in [2.75, 3.05) is 211 Å². The van der Waals surface area contributed by atoms with E-state index in [0.717, 1.165) is 0 Å². The number of hydrogen-bond acceptors (Lipinski definition) is 23. The number of nitrogens with zero attached hydrogens (tertiary/aromatic N) is 4. The molecule has 8 bridgehead atoms. The van der Waals surface area contributed by atoms with E-state index in [2.05, 4.69) is 42.5 Å². The average Bonchev–Trinajstić information content (AvgIpc) is 0.856. The van der Waals surface area contributed by atoms with E-state index >= 15 is 0 Å². The minimum Gasteiger partial charge on any atom is -0.506 e. The van der Waals surface area contributed by atoms with Crippen molar-refractivity contribution >= 4 is 47.3 Å². The molecule has 14 N–H and O–H groups in total. The summed E-state index contributed by atoms with van der Waals surface area (Å²) in [6.45, 7) is 7.20. The molecule has 31 heteroatoms. The number of nitrogens with one attached hydrogen (secondary N) is 8. The van der Waals surface area contributed by atoms with Gasteiger partial charge in [0.1, 0.15) is 23.0 Å². The molecule has 8 amide bonds. The summed E-state index contributed by atoms with van der Waals surface area (Å²) in [6, 6.07) is 16.4. The SMILES string of the molecule is COCCOCCOCCN1CCNC(=O)c2cccc(c2O)C(=O)NCCN(CCN2CCNC(=O)c3cccc(c3O)C(=O)NCCN(CCOCCOCCOC)CCNC(=O)c3cccc(c3O)C(=O)NC(CCCCN)C2)CCNC(=O)c2cccc(c2O)C(=O)NCC1. The van der Waals surface area contributed by atoms with Crippen molar-refractivity contribution in [2.45, 2.75) is 25.3 Å². The number of ether oxygens (including phenoxy) is 6. The van der Waals surface area contributed by atoms with Gasteiger partial charge in [0.2, 0.25) is 0 Å². The largest absolute Gasteiger partial charge is 0.506 e. The molecule has 2 aliphatic rings. The van der Waals surface area contributed by atoms with Crippen molar-refractivity contribution in [3.05, 3.63) is 117 Å². The van der Waals surface area contributed by atoms with Crippen LogP contribution in [0, 0.1) is 0 Å². The normalized spacial score (nSPS) is 17.5. The van der Waals surface area contributed by atoms with Gasteiger partial charge in [-0.15, -0.1) is 0 Å². The number of rotatable bonds is 25. The molecule has 1 atom stereocenters. The highest BCUT2D eigenvalue weighted by molar-refractivity contribution is 6.06. The third kappa shape index (κ3) is 26.9. The lowest BCUT2D eigenvalue weighted by atomic mass is 10.0. The molecule has 4 aromatic rings. The van der Waals surface area contributed by atoms with Crippen LogP contribution in [-0.2, 0) is 28.4 Å². The highest BCUT2D eigenvalue weighted by atomic mass is 16.5. The molecule has 0 saturated carbocycles. The highest BCUT2D eigenvalue weighted by Gasteiger charge is 2.27. The number of benzene rings is 4. The number of nitrogens with two attached hydrogens (primary N) is 1. The maximum Gasteiger partial charge on any atom is 0.255 e. The second-order valence-electron chi connectivity index (χ2n) is 23.3. The predicted molar refractivity (Wildman–Crippen MR) is 366 cm³/mol. The van der Waals surface area contributed by atoms with Gasteiger partial charge in [-0.1, -0.05) is 30.7 Å². The number of carbonyl (C=O) groups is 8. The van der Waals surface area contributed by atoms with Crippen molar-refractivity contribution in [1.82, 2.24) is 62.1 Å². The predicted octanol–water partition coefficient (Wildman–Crippen LogP) is -0.460. The Morgan fingerprint density at radius 3 is 0.899 bits per heavy atom. The average molecular weight is 1390 g/mol. The van der Waals surface area contributed by atoms with Gasteiger partial charge in [-0.25, -0.2) is 0 Å². The maximum absolute atomic E-state index is 14.4. The van der Waals surface area contributed by atoms with Crippen molar-refractivity contribution in [3.63, 3.8) is 0 Å². The number of fused-ring (bicyclic) bond motifs is 8. The molecule has 0 aromatic heterocycles. The van der Waals surface area contributed by atoms with Gasteiger partial charge in [-0.05, 0) is 67.9 Å². The lowest BCUT2D eigenvalue weighted by Crippen LogP contribution is -2.49. The zero-order valence-electron chi connectivity index (χ0n) is 56.7. The number of phenols is 4. The molecule has 2 heterocycles. The van der Waals surface area contributed by atoms with Gasteiger partial charge in [0.05, 0.1) is 111 Å². The van der Waals surface area contributed by atoms with E-state index in [-0.39, 0.29) is 169 Å². The summed E-state index contributed by atoms with van der Waals surface area (Å²) in [5.41, 5.74) is 4.73. The number of hydrogen-bond donors (Lipinski definition) is 13. The summed E-state index contributed by atoms with van der Waals surface area (Å²) in [6.07, 6.45) is 1.56. The van der Waals surface area contributed by atoms with E-state index in [1.165, 1.54) is 72.8 Å². The fourth-order valence-corrected chi connectivity index (χ4v) is 10.8. The molecule has 6 rings (SSSR count). The van der Waals surface area contributed by atoms with Gasteiger partial charge in [-0.3, -0.25) is 58.0 Å². The third-order valence-corrected chi connectivity index (χ3v) is 16.4. The number of amides is 8. The van der Waals surface area contributed by atoms with Crippen molar-refractivity contribution < 1.29 is 87.2 Å². The van der Waals surface area contributed by atoms with Gasteiger partial charge >= 0.3 is 0 Å². The third-order valence-electron chi connectivity index (χ3n) is 16.4. The van der Waals surface area contributed by atoms with Crippen LogP contribution in [0.2, 0.25) is 0 Å². The van der Waals surface area contributed by atoms with Gasteiger partial charge in [0.15, 0.2) is 0 Å². The van der Waals surface area contributed by atoms with Crippen LogP contribution in [0.15, 0.2) is 72.8 Å². The van der Waals surface area contributed by atoms with Crippen molar-refractivity contribution in [2.24, 2.45) is 5.73 Å². The van der Waals surface area contributed by atoms with Crippen LogP contribution < -0.4 is 48.3 Å². The number of phenolic OH excluding ortho intramolecular Hbond substituents is 4. The first kappa shape index (κ1) is 79.4. The first-order chi connectivity index (χ1) is 48.0. The number of para-hydroxylation sites is 4. The van der Waals surface area contributed by atoms with E-state index in [4.69, 9.17) is 34.2 Å². The Hall–Kier alpha value is -8.60. The Balaban J connectivity index is 1.23. The first-order valence-electron chi connectivity index (χ1n) is 33.5. The molecule has 544 valence electrons. The van der Waals surface area contributed by atoms with Crippen LogP contribution in [0.1, 0.15) is 102 Å². The summed E-state index contributed by atoms with van der Waals surface area (Å²) in [5, 5.41) is 68.6. The monoisotopic (exact) mass is 1390 g/mol. The first-order valence-corrected chi connectivity index (χ1v) is 33.5. The van der Waals surface area contributed by atoms with E-state index in [9.17, 15) is 58.8 Å². The summed E-state index contributed by atoms with van der Waals surface area (Å²) in [5.74, 6) is -7.47. The van der Waals surface area contributed by atoms with E-state index < -0.39 is 76.3 Å². The molecule has 0 radical (unpaired) electrons. The highest BCUT2D eigenvalue weighted by Crippen LogP contribution is 2.26. The standard InChI is InChI=1S/C68H99N13O18/c1-94-39-41-98-45-43-96-37-35-79-28-21-72-63(88)51-12-5-10-49(57(51)82)61(86)70-19-26-78(27-20-71-62(87)50-11-6-13-52(58(50)83)64(89)73-22-29-79)33-34-81-32-25-76-66(91)54-15-7-14-53(59(54)84)65(90)74-23-30-80(36-38-97-44-46-99-42-40-95-2)31-24-75-67(92)55-16-8-17-56(60(55)85)68(93)77-48(47-81)9-3-4-18-69/h5-8,10-17,48,82-85H,3-4,9,18-47,69H2,1-2H3,(H,70,86)(H,71,87)(H,72,88)(H,73,89)(H,74,90)(H,75,92)(H,76,91)(H,77,93). The molecule has 0 spiro atoms. The molecule has 99 heavy (non-hydrogen) atoms. The minimum absolute atomic E-state index is 0.0169. The molecule has 1 unspecified atom stereocenters. The maximum atomic E-state index is 14.4. The van der Waals surface area contributed by atoms with Gasteiger partial charge in [0, 0.05) is 145 Å². The summed E-state index contributed by atoms with van der Waals surface area (Å²) in [7, 11) is 3.16. The van der Waals surface area contributed by atoms with Crippen molar-refractivity contribution in [1.29, 1.82) is 0 Å². The van der Waals surface area contributed by atoms with E-state index in [0.29, 0.717) is 91.8 Å². The van der Waals surface area contributed by atoms with E-state index in [1.807, 2.05) is 19.6 Å². The van der Waals surface area contributed by atoms with Gasteiger partial charge in [0.25, 0.3) is 47.3 Å². The second-order valence-corrected chi connectivity index (χ2v) is 23.3. The molecule has 4 aromatic carbocycles. The lowest BCUT2D eigenvalue weighted by molar-refractivity contribution is 0.0196. The second kappa shape index (κ2) is 44.4. The van der Waals surface area contributed by atoms with Gasteiger partial charge in [-0.2, -0.15) is 0 Å². The smallest absolute Gasteiger partial charge is 0.255 e.